The van der Waals surface area contributed by atoms with Crippen LogP contribution in [0.3, 0.4) is 0 Å². The number of ether oxygens (including phenoxy) is 2. The number of hydrogen-bond donors (Lipinski definition) is 2. The Morgan fingerprint density at radius 1 is 1.14 bits per heavy atom. The van der Waals surface area contributed by atoms with Gasteiger partial charge in [-0.25, -0.2) is 0 Å². The maximum absolute atomic E-state index is 13.1. The highest BCUT2D eigenvalue weighted by atomic mass is 16.5. The number of anilines is 1. The van der Waals surface area contributed by atoms with Gasteiger partial charge in [-0.15, -0.1) is 0 Å². The van der Waals surface area contributed by atoms with E-state index in [1.807, 2.05) is 0 Å². The van der Waals surface area contributed by atoms with Gasteiger partial charge < -0.3 is 20.1 Å². The molecular formula is C22H22N2O5. The first-order valence-electron chi connectivity index (χ1n) is 9.35. The molecule has 1 saturated carbocycles. The van der Waals surface area contributed by atoms with E-state index in [2.05, 4.69) is 10.6 Å². The number of hydrogen-bond acceptors (Lipinski definition) is 5. The second kappa shape index (κ2) is 6.92. The molecule has 29 heavy (non-hydrogen) atoms. The molecule has 1 fully saturated rings. The third kappa shape index (κ3) is 2.93. The van der Waals surface area contributed by atoms with E-state index in [1.54, 1.807) is 63.6 Å². The summed E-state index contributed by atoms with van der Waals surface area (Å²) >= 11 is 0. The molecule has 7 nitrogen and oxygen atoms in total. The smallest absolute Gasteiger partial charge is 0.229 e. The van der Waals surface area contributed by atoms with Crippen LogP contribution in [0, 0.1) is 17.3 Å². The van der Waals surface area contributed by atoms with Crippen LogP contribution >= 0.6 is 0 Å². The maximum atomic E-state index is 13.1. The molecule has 0 saturated heterocycles. The van der Waals surface area contributed by atoms with Crippen molar-refractivity contribution < 1.29 is 23.9 Å². The molecule has 1 heterocycles. The van der Waals surface area contributed by atoms with Gasteiger partial charge in [-0.3, -0.25) is 14.4 Å². The van der Waals surface area contributed by atoms with Crippen LogP contribution in [0.2, 0.25) is 0 Å². The second-order valence-corrected chi connectivity index (χ2v) is 7.50. The molecule has 4 rings (SSSR count). The lowest BCUT2D eigenvalue weighted by atomic mass is 9.92. The number of fused-ring (bicyclic) bond motifs is 2. The Labute approximate surface area is 168 Å². The average molecular weight is 394 g/mol. The molecule has 2 aliphatic rings. The fourth-order valence-electron chi connectivity index (χ4n) is 4.22. The van der Waals surface area contributed by atoms with E-state index < -0.39 is 17.3 Å². The minimum absolute atomic E-state index is 0.182. The lowest BCUT2D eigenvalue weighted by Crippen LogP contribution is -2.29. The molecule has 2 amide bonds. The fourth-order valence-corrected chi connectivity index (χ4v) is 4.22. The number of methoxy groups -OCH3 is 2. The highest BCUT2D eigenvalue weighted by molar-refractivity contribution is 6.19. The van der Waals surface area contributed by atoms with Crippen LogP contribution in [-0.4, -0.2) is 31.8 Å². The Balaban J connectivity index is 1.53. The Bertz CT molecular complexity index is 1020. The molecule has 150 valence electrons. The van der Waals surface area contributed by atoms with Crippen molar-refractivity contribution in [2.75, 3.05) is 19.5 Å². The predicted molar refractivity (Wildman–Crippen MR) is 106 cm³/mol. The van der Waals surface area contributed by atoms with Gasteiger partial charge in [0.15, 0.2) is 5.78 Å². The maximum Gasteiger partial charge on any atom is 0.229 e. The topological polar surface area (TPSA) is 93.7 Å². The third-order valence-electron chi connectivity index (χ3n) is 5.95. The van der Waals surface area contributed by atoms with E-state index in [0.29, 0.717) is 22.7 Å². The van der Waals surface area contributed by atoms with Crippen molar-refractivity contribution in [3.05, 3.63) is 53.6 Å². The highest BCUT2D eigenvalue weighted by Gasteiger charge is 2.73. The van der Waals surface area contributed by atoms with E-state index in [-0.39, 0.29) is 24.1 Å². The number of rotatable bonds is 5. The van der Waals surface area contributed by atoms with Crippen LogP contribution in [0.25, 0.3) is 0 Å². The normalized spacial score (nSPS) is 24.5. The van der Waals surface area contributed by atoms with Crippen molar-refractivity contribution in [3.8, 4) is 11.5 Å². The molecule has 2 N–H and O–H groups in total. The highest BCUT2D eigenvalue weighted by Crippen LogP contribution is 2.62. The van der Waals surface area contributed by atoms with Gasteiger partial charge in [0, 0.05) is 23.7 Å². The third-order valence-corrected chi connectivity index (χ3v) is 5.95. The Hall–Kier alpha value is -3.35. The summed E-state index contributed by atoms with van der Waals surface area (Å²) in [5, 5.41) is 5.63. The number of carbonyl (C=O) groups excluding carboxylic acids is 3. The summed E-state index contributed by atoms with van der Waals surface area (Å²) in [5.41, 5.74) is 0.676. The zero-order chi connectivity index (χ0) is 20.8. The van der Waals surface area contributed by atoms with Crippen LogP contribution in [0.4, 0.5) is 5.69 Å². The molecule has 0 radical (unpaired) electrons. The molecule has 0 bridgehead atoms. The van der Waals surface area contributed by atoms with Crippen LogP contribution in [0.1, 0.15) is 22.8 Å². The van der Waals surface area contributed by atoms with E-state index in [4.69, 9.17) is 9.47 Å². The van der Waals surface area contributed by atoms with Crippen LogP contribution < -0.4 is 20.1 Å². The van der Waals surface area contributed by atoms with Gasteiger partial charge in [0.1, 0.15) is 11.5 Å². The Kier molecular flexibility index (Phi) is 4.53. The number of para-hydroxylation sites is 1. The summed E-state index contributed by atoms with van der Waals surface area (Å²) in [6.45, 7) is 1.91. The van der Waals surface area contributed by atoms with Crippen LogP contribution in [-0.2, 0) is 16.1 Å². The summed E-state index contributed by atoms with van der Waals surface area (Å²) in [5.74, 6) is -0.948. The van der Waals surface area contributed by atoms with Crippen molar-refractivity contribution in [1.82, 2.24) is 5.32 Å². The molecule has 2 aromatic rings. The summed E-state index contributed by atoms with van der Waals surface area (Å²) in [6, 6.07) is 12.2. The molecule has 2 aromatic carbocycles. The average Bonchev–Trinajstić information content (AvgIpc) is 3.39. The summed E-state index contributed by atoms with van der Waals surface area (Å²) in [7, 11) is 3.11. The van der Waals surface area contributed by atoms with Crippen LogP contribution in [0.15, 0.2) is 42.5 Å². The molecule has 3 atom stereocenters. The van der Waals surface area contributed by atoms with Gasteiger partial charge >= 0.3 is 0 Å². The summed E-state index contributed by atoms with van der Waals surface area (Å²) in [6.07, 6.45) is 0. The quantitative estimate of drug-likeness (QED) is 0.812. The predicted octanol–water partition coefficient (Wildman–Crippen LogP) is 2.41. The van der Waals surface area contributed by atoms with Gasteiger partial charge in [-0.2, -0.15) is 0 Å². The van der Waals surface area contributed by atoms with Crippen molar-refractivity contribution >= 4 is 23.3 Å². The standard InChI is InChI=1S/C22H22N2O5/c1-22-17(18(22)21(27)24-15-7-5-4-6-14(15)19(22)25)20(26)23-11-12-8-9-13(28-2)10-16(12)29-3/h4-10,17-18H,11H2,1-3H3,(H,23,26)(H,24,27)/t17-,18-,22+/m0/s1. The van der Waals surface area contributed by atoms with Crippen molar-refractivity contribution in [3.63, 3.8) is 0 Å². The lowest BCUT2D eigenvalue weighted by molar-refractivity contribution is -0.125. The largest absolute Gasteiger partial charge is 0.497 e. The van der Waals surface area contributed by atoms with Crippen molar-refractivity contribution in [2.24, 2.45) is 17.3 Å². The number of Topliss-reactive ketones (excluding diaryl/α,β-unsaturated/α-hetero) is 1. The molecular weight excluding hydrogens is 372 g/mol. The fraction of sp³-hybridized carbons (Fsp3) is 0.318. The summed E-state index contributed by atoms with van der Waals surface area (Å²) < 4.78 is 10.5. The van der Waals surface area contributed by atoms with E-state index in [9.17, 15) is 14.4 Å². The Morgan fingerprint density at radius 3 is 2.62 bits per heavy atom. The lowest BCUT2D eigenvalue weighted by Gasteiger charge is -2.14. The SMILES string of the molecule is COc1ccc(CNC(=O)[C@@H]2[C@H]3C(=O)Nc4ccccc4C(=O)[C@]23C)c(OC)c1. The van der Waals surface area contributed by atoms with Gasteiger partial charge in [0.25, 0.3) is 0 Å². The minimum atomic E-state index is -1.04. The monoisotopic (exact) mass is 394 g/mol. The van der Waals surface area contributed by atoms with E-state index in [0.717, 1.165) is 5.56 Å². The molecule has 1 aliphatic heterocycles. The summed E-state index contributed by atoms with van der Waals surface area (Å²) in [4.78, 5) is 38.6. The minimum Gasteiger partial charge on any atom is -0.497 e. The molecule has 7 heteroatoms. The van der Waals surface area contributed by atoms with Gasteiger partial charge in [-0.05, 0) is 24.3 Å². The first-order valence-corrected chi connectivity index (χ1v) is 9.35. The zero-order valence-corrected chi connectivity index (χ0v) is 16.4. The number of nitrogens with one attached hydrogen (secondary N) is 2. The number of ketones is 1. The van der Waals surface area contributed by atoms with Crippen molar-refractivity contribution in [2.45, 2.75) is 13.5 Å². The zero-order valence-electron chi connectivity index (χ0n) is 16.4. The van der Waals surface area contributed by atoms with Gasteiger partial charge in [0.2, 0.25) is 11.8 Å². The molecule has 0 spiro atoms. The van der Waals surface area contributed by atoms with E-state index in [1.165, 1.54) is 0 Å². The second-order valence-electron chi connectivity index (χ2n) is 7.50. The molecule has 0 aromatic heterocycles. The van der Waals surface area contributed by atoms with Gasteiger partial charge in [0.05, 0.1) is 37.2 Å². The molecule has 1 aliphatic carbocycles. The van der Waals surface area contributed by atoms with Crippen LogP contribution in [0.5, 0.6) is 11.5 Å². The molecule has 0 unspecified atom stereocenters. The number of carbonyl (C=O) groups is 3. The first kappa shape index (κ1) is 19.0. The van der Waals surface area contributed by atoms with Crippen molar-refractivity contribution in [1.29, 1.82) is 0 Å². The van der Waals surface area contributed by atoms with Gasteiger partial charge in [-0.1, -0.05) is 19.1 Å². The first-order chi connectivity index (χ1) is 13.9. The number of benzene rings is 2. The Morgan fingerprint density at radius 2 is 1.90 bits per heavy atom. The number of amides is 2. The van der Waals surface area contributed by atoms with E-state index >= 15 is 0 Å².